The molecule has 2 aromatic carbocycles. The summed E-state index contributed by atoms with van der Waals surface area (Å²) < 4.78 is 6.60. The van der Waals surface area contributed by atoms with E-state index in [4.69, 9.17) is 10.3 Å². The molecule has 0 aliphatic heterocycles. The van der Waals surface area contributed by atoms with Crippen LogP contribution in [-0.2, 0) is 7.05 Å². The molecule has 3 aromatic heterocycles. The Morgan fingerprint density at radius 1 is 1.03 bits per heavy atom. The lowest BCUT2D eigenvalue weighted by Gasteiger charge is -2.08. The van der Waals surface area contributed by atoms with Gasteiger partial charge in [0, 0.05) is 35.1 Å². The van der Waals surface area contributed by atoms with E-state index in [0.29, 0.717) is 33.8 Å². The maximum Gasteiger partial charge on any atom is 0.290 e. The molecule has 9 heteroatoms. The number of rotatable bonds is 5. The van der Waals surface area contributed by atoms with Crippen LogP contribution >= 0.6 is 0 Å². The summed E-state index contributed by atoms with van der Waals surface area (Å²) in [5.41, 5.74) is 10.4. The maximum atomic E-state index is 13.1. The average molecular weight is 482 g/mol. The molecule has 0 aliphatic carbocycles. The van der Waals surface area contributed by atoms with Gasteiger partial charge in [-0.25, -0.2) is 4.98 Å². The van der Waals surface area contributed by atoms with E-state index in [-0.39, 0.29) is 11.3 Å². The minimum atomic E-state index is -0.578. The van der Waals surface area contributed by atoms with Gasteiger partial charge in [0.05, 0.1) is 11.1 Å². The molecule has 0 atom stereocenters. The zero-order valence-corrected chi connectivity index (χ0v) is 19.9. The zero-order chi connectivity index (χ0) is 25.6. The molecule has 0 fully saturated rings. The average Bonchev–Trinajstić information content (AvgIpc) is 3.38. The highest BCUT2D eigenvalue weighted by Gasteiger charge is 2.18. The number of anilines is 1. The van der Waals surface area contributed by atoms with Crippen molar-refractivity contribution in [3.05, 3.63) is 93.7 Å². The van der Waals surface area contributed by atoms with E-state index in [1.54, 1.807) is 32.2 Å². The molecular formula is C27H23N5O4. The third-order valence-electron chi connectivity index (χ3n) is 5.97. The molecule has 5 aromatic rings. The summed E-state index contributed by atoms with van der Waals surface area (Å²) in [6, 6.07) is 17.8. The van der Waals surface area contributed by atoms with Crippen molar-refractivity contribution in [2.45, 2.75) is 13.8 Å². The van der Waals surface area contributed by atoms with Crippen molar-refractivity contribution in [3.63, 3.8) is 0 Å². The van der Waals surface area contributed by atoms with Crippen molar-refractivity contribution in [3.8, 4) is 22.4 Å². The fourth-order valence-electron chi connectivity index (χ4n) is 4.27. The molecule has 9 nitrogen and oxygen atoms in total. The van der Waals surface area contributed by atoms with Gasteiger partial charge in [0.1, 0.15) is 5.76 Å². The zero-order valence-electron chi connectivity index (χ0n) is 19.9. The molecular weight excluding hydrogens is 458 g/mol. The summed E-state index contributed by atoms with van der Waals surface area (Å²) in [7, 11) is 1.58. The first kappa shape index (κ1) is 22.9. The quantitative estimate of drug-likeness (QED) is 0.346. The number of aromatic nitrogens is 3. The Morgan fingerprint density at radius 2 is 1.75 bits per heavy atom. The molecule has 36 heavy (non-hydrogen) atoms. The lowest BCUT2D eigenvalue weighted by Crippen LogP contribution is -2.16. The van der Waals surface area contributed by atoms with E-state index in [1.807, 2.05) is 43.3 Å². The van der Waals surface area contributed by atoms with Crippen molar-refractivity contribution in [2.24, 2.45) is 12.8 Å². The van der Waals surface area contributed by atoms with E-state index in [9.17, 15) is 14.4 Å². The van der Waals surface area contributed by atoms with Crippen LogP contribution in [0.1, 0.15) is 32.3 Å². The molecule has 4 N–H and O–H groups in total. The fourth-order valence-corrected chi connectivity index (χ4v) is 4.27. The number of nitrogens with zero attached hydrogens (tertiary/aromatic N) is 2. The number of benzene rings is 2. The molecule has 0 saturated carbocycles. The highest BCUT2D eigenvalue weighted by Crippen LogP contribution is 2.29. The summed E-state index contributed by atoms with van der Waals surface area (Å²) in [5, 5.41) is 3.62. The van der Waals surface area contributed by atoms with Crippen LogP contribution in [-0.4, -0.2) is 26.5 Å². The lowest BCUT2D eigenvalue weighted by atomic mass is 10.0. The second kappa shape index (κ2) is 8.70. The van der Waals surface area contributed by atoms with Crippen LogP contribution in [0.3, 0.4) is 0 Å². The van der Waals surface area contributed by atoms with Crippen molar-refractivity contribution in [2.75, 3.05) is 5.32 Å². The Labute approximate surface area is 205 Å². The summed E-state index contributed by atoms with van der Waals surface area (Å²) in [5.74, 6) is -0.440. The Bertz CT molecular complexity index is 1710. The normalized spacial score (nSPS) is 11.1. The van der Waals surface area contributed by atoms with Gasteiger partial charge in [-0.15, -0.1) is 0 Å². The van der Waals surface area contributed by atoms with Gasteiger partial charge in [0.25, 0.3) is 11.5 Å². The standard InChI is InChI=1S/C27H23N5O4/c1-14-11-19-13-21(16-7-9-17(10-8-16)22-15(2)36-32(3)27(22)35)31-23(19)24(29-14)26(34)30-20-6-4-5-18(12-20)25(28)33/h4-13,31H,1-3H3,(H2,28,33)(H,30,34). The minimum Gasteiger partial charge on any atom is -0.381 e. The monoisotopic (exact) mass is 481 g/mol. The topological polar surface area (TPSA) is 136 Å². The molecule has 0 saturated heterocycles. The summed E-state index contributed by atoms with van der Waals surface area (Å²) in [4.78, 5) is 44.7. The molecule has 180 valence electrons. The number of aromatic amines is 1. The number of carbonyl (C=O) groups is 2. The first-order chi connectivity index (χ1) is 17.2. The van der Waals surface area contributed by atoms with Crippen molar-refractivity contribution in [1.29, 1.82) is 0 Å². The van der Waals surface area contributed by atoms with Crippen LogP contribution in [0.15, 0.2) is 70.0 Å². The molecule has 2 amide bonds. The van der Waals surface area contributed by atoms with E-state index in [1.165, 1.54) is 10.8 Å². The highest BCUT2D eigenvalue weighted by molar-refractivity contribution is 6.11. The Hall–Kier alpha value is -4.92. The second-order valence-corrected chi connectivity index (χ2v) is 8.56. The summed E-state index contributed by atoms with van der Waals surface area (Å²) in [6.07, 6.45) is 0. The molecule has 5 rings (SSSR count). The van der Waals surface area contributed by atoms with Crippen LogP contribution < -0.4 is 16.6 Å². The minimum absolute atomic E-state index is 0.190. The van der Waals surface area contributed by atoms with E-state index < -0.39 is 11.8 Å². The predicted molar refractivity (Wildman–Crippen MR) is 137 cm³/mol. The predicted octanol–water partition coefficient (Wildman–Crippen LogP) is 4.16. The number of primary amides is 1. The number of H-pyrrole nitrogens is 1. The van der Waals surface area contributed by atoms with Gasteiger partial charge in [0.2, 0.25) is 5.91 Å². The van der Waals surface area contributed by atoms with Crippen LogP contribution in [0.25, 0.3) is 33.3 Å². The first-order valence-electron chi connectivity index (χ1n) is 11.2. The Kier molecular flexibility index (Phi) is 5.52. The lowest BCUT2D eigenvalue weighted by molar-refractivity contribution is 0.0995. The molecule has 3 heterocycles. The number of amides is 2. The third kappa shape index (κ3) is 4.07. The van der Waals surface area contributed by atoms with Crippen LogP contribution in [0.2, 0.25) is 0 Å². The van der Waals surface area contributed by atoms with Gasteiger partial charge in [-0.2, -0.15) is 4.74 Å². The van der Waals surface area contributed by atoms with Gasteiger partial charge in [0.15, 0.2) is 5.69 Å². The molecule has 0 bridgehead atoms. The van der Waals surface area contributed by atoms with Gasteiger partial charge in [-0.05, 0) is 55.3 Å². The van der Waals surface area contributed by atoms with Crippen molar-refractivity contribution < 1.29 is 14.1 Å². The largest absolute Gasteiger partial charge is 0.381 e. The third-order valence-corrected chi connectivity index (χ3v) is 5.97. The van der Waals surface area contributed by atoms with Crippen LogP contribution in [0, 0.1) is 13.8 Å². The van der Waals surface area contributed by atoms with Gasteiger partial charge in [-0.1, -0.05) is 30.3 Å². The van der Waals surface area contributed by atoms with E-state index >= 15 is 0 Å². The number of carbonyl (C=O) groups excluding carboxylic acids is 2. The maximum absolute atomic E-state index is 13.1. The number of hydrogen-bond acceptors (Lipinski definition) is 5. The van der Waals surface area contributed by atoms with Gasteiger partial charge in [-0.3, -0.25) is 14.4 Å². The molecule has 0 unspecified atom stereocenters. The highest BCUT2D eigenvalue weighted by atomic mass is 16.5. The number of aryl methyl sites for hydroxylation is 3. The fraction of sp³-hybridized carbons (Fsp3) is 0.111. The molecule has 0 aliphatic rings. The van der Waals surface area contributed by atoms with E-state index in [2.05, 4.69) is 15.3 Å². The number of fused-ring (bicyclic) bond motifs is 1. The summed E-state index contributed by atoms with van der Waals surface area (Å²) >= 11 is 0. The number of nitrogens with one attached hydrogen (secondary N) is 2. The second-order valence-electron chi connectivity index (χ2n) is 8.56. The SMILES string of the molecule is Cc1cc2cc(-c3ccc(-c4c(C)on(C)c4=O)cc3)[nH]c2c(C(=O)Nc2cccc(C(N)=O)c2)n1. The Morgan fingerprint density at radius 3 is 2.42 bits per heavy atom. The Balaban J connectivity index is 1.49. The van der Waals surface area contributed by atoms with Crippen LogP contribution in [0.5, 0.6) is 0 Å². The molecule has 0 radical (unpaired) electrons. The van der Waals surface area contributed by atoms with Crippen molar-refractivity contribution in [1.82, 2.24) is 14.7 Å². The van der Waals surface area contributed by atoms with E-state index in [0.717, 1.165) is 22.2 Å². The smallest absolute Gasteiger partial charge is 0.290 e. The first-order valence-corrected chi connectivity index (χ1v) is 11.2. The number of hydrogen-bond donors (Lipinski definition) is 3. The van der Waals surface area contributed by atoms with Crippen LogP contribution in [0.4, 0.5) is 5.69 Å². The van der Waals surface area contributed by atoms with Gasteiger partial charge >= 0.3 is 0 Å². The number of pyridine rings is 1. The van der Waals surface area contributed by atoms with Gasteiger partial charge < -0.3 is 20.6 Å². The summed E-state index contributed by atoms with van der Waals surface area (Å²) in [6.45, 7) is 3.58. The molecule has 0 spiro atoms. The number of nitrogens with two attached hydrogens (primary N) is 1. The van der Waals surface area contributed by atoms with Crippen molar-refractivity contribution >= 4 is 28.4 Å².